The predicted molar refractivity (Wildman–Crippen MR) is 120 cm³/mol. The van der Waals surface area contributed by atoms with Gasteiger partial charge in [-0.2, -0.15) is 0 Å². The molecule has 1 saturated carbocycles. The molecule has 32 heavy (non-hydrogen) atoms. The number of anilines is 1. The molecule has 6 rings (SSSR count). The number of nitrogens with zero attached hydrogens (tertiary/aromatic N) is 4. The first kappa shape index (κ1) is 18.5. The summed E-state index contributed by atoms with van der Waals surface area (Å²) in [6, 6.07) is 19.1. The standard InChI is InChI=1S/C25H19N5O2/c31-23(21-22(17-7-8-17)32-24(29-21)18-5-2-1-3-6-18)27-19-11-9-16(10-12-19)20-15-30-14-4-13-26-25(30)28-20/h1-6,9-15,17H,7-8H2,(H,27,31). The van der Waals surface area contributed by atoms with Crippen LogP contribution >= 0.6 is 0 Å². The number of carbonyl (C=O) groups is 1. The highest BCUT2D eigenvalue weighted by atomic mass is 16.4. The second kappa shape index (κ2) is 7.46. The van der Waals surface area contributed by atoms with Crippen molar-refractivity contribution in [2.24, 2.45) is 0 Å². The van der Waals surface area contributed by atoms with Gasteiger partial charge in [0.05, 0.1) is 5.69 Å². The normalized spacial score (nSPS) is 13.4. The second-order valence-electron chi connectivity index (χ2n) is 7.86. The maximum absolute atomic E-state index is 13.0. The fourth-order valence-corrected chi connectivity index (χ4v) is 3.70. The molecule has 0 aliphatic heterocycles. The summed E-state index contributed by atoms with van der Waals surface area (Å²) in [6.45, 7) is 0. The SMILES string of the molecule is O=C(Nc1ccc(-c2cn3cccnc3n2)cc1)c1nc(-c2ccccc2)oc1C1CC1. The number of carbonyl (C=O) groups excluding carboxylic acids is 1. The van der Waals surface area contributed by atoms with Crippen LogP contribution in [0.4, 0.5) is 5.69 Å². The van der Waals surface area contributed by atoms with Crippen molar-refractivity contribution in [3.8, 4) is 22.7 Å². The Kier molecular flexibility index (Phi) is 4.31. The first-order valence-electron chi connectivity index (χ1n) is 10.5. The van der Waals surface area contributed by atoms with Gasteiger partial charge in [-0.25, -0.2) is 15.0 Å². The highest BCUT2D eigenvalue weighted by molar-refractivity contribution is 6.04. The monoisotopic (exact) mass is 421 g/mol. The smallest absolute Gasteiger partial charge is 0.277 e. The third-order valence-corrected chi connectivity index (χ3v) is 5.51. The number of hydrogen-bond acceptors (Lipinski definition) is 5. The molecule has 0 unspecified atom stereocenters. The summed E-state index contributed by atoms with van der Waals surface area (Å²) in [4.78, 5) is 26.3. The molecule has 1 amide bonds. The fourth-order valence-electron chi connectivity index (χ4n) is 3.70. The van der Waals surface area contributed by atoms with E-state index in [-0.39, 0.29) is 11.8 Å². The van der Waals surface area contributed by atoms with Crippen molar-refractivity contribution in [3.63, 3.8) is 0 Å². The molecule has 0 atom stereocenters. The zero-order valence-corrected chi connectivity index (χ0v) is 17.1. The molecule has 3 aromatic heterocycles. The molecule has 5 aromatic rings. The van der Waals surface area contributed by atoms with Gasteiger partial charge in [0.1, 0.15) is 5.76 Å². The highest BCUT2D eigenvalue weighted by Crippen LogP contribution is 2.43. The average Bonchev–Trinajstić information content (AvgIpc) is 3.42. The number of oxazole rings is 1. The number of imidazole rings is 1. The molecule has 0 bridgehead atoms. The molecule has 1 aliphatic carbocycles. The Balaban J connectivity index is 1.25. The van der Waals surface area contributed by atoms with Gasteiger partial charge >= 0.3 is 0 Å². The quantitative estimate of drug-likeness (QED) is 0.423. The molecule has 1 fully saturated rings. The molecule has 3 heterocycles. The third-order valence-electron chi connectivity index (χ3n) is 5.51. The number of aromatic nitrogens is 4. The Morgan fingerprint density at radius 3 is 2.53 bits per heavy atom. The number of nitrogens with one attached hydrogen (secondary N) is 1. The minimum atomic E-state index is -0.262. The van der Waals surface area contributed by atoms with Crippen LogP contribution in [0.2, 0.25) is 0 Å². The van der Waals surface area contributed by atoms with Crippen molar-refractivity contribution in [2.75, 3.05) is 5.32 Å². The molecule has 7 heteroatoms. The van der Waals surface area contributed by atoms with Crippen molar-refractivity contribution in [3.05, 3.63) is 90.7 Å². The minimum Gasteiger partial charge on any atom is -0.440 e. The highest BCUT2D eigenvalue weighted by Gasteiger charge is 2.34. The molecule has 0 radical (unpaired) electrons. The third kappa shape index (κ3) is 3.43. The van der Waals surface area contributed by atoms with Crippen LogP contribution in [0.15, 0.2) is 83.7 Å². The lowest BCUT2D eigenvalue weighted by molar-refractivity contribution is 0.102. The Labute approximate surface area is 183 Å². The molecule has 2 aromatic carbocycles. The van der Waals surface area contributed by atoms with Gasteiger partial charge in [0.2, 0.25) is 11.7 Å². The number of benzene rings is 2. The van der Waals surface area contributed by atoms with Crippen LogP contribution in [0.1, 0.15) is 35.0 Å². The summed E-state index contributed by atoms with van der Waals surface area (Å²) in [5.74, 6) is 1.81. The van der Waals surface area contributed by atoms with E-state index in [0.717, 1.165) is 29.7 Å². The molecule has 7 nitrogen and oxygen atoms in total. The van der Waals surface area contributed by atoms with Crippen molar-refractivity contribution < 1.29 is 9.21 Å². The zero-order valence-electron chi connectivity index (χ0n) is 17.1. The summed E-state index contributed by atoms with van der Waals surface area (Å²) < 4.78 is 7.88. The van der Waals surface area contributed by atoms with Gasteiger partial charge < -0.3 is 9.73 Å². The van der Waals surface area contributed by atoms with Crippen molar-refractivity contribution in [1.82, 2.24) is 19.4 Å². The predicted octanol–water partition coefficient (Wildman–Crippen LogP) is 5.18. The summed E-state index contributed by atoms with van der Waals surface area (Å²) >= 11 is 0. The Bertz CT molecular complexity index is 1380. The van der Waals surface area contributed by atoms with Gasteiger partial charge in [-0.3, -0.25) is 9.20 Å². The maximum Gasteiger partial charge on any atom is 0.277 e. The van der Waals surface area contributed by atoms with Crippen molar-refractivity contribution in [1.29, 1.82) is 0 Å². The lowest BCUT2D eigenvalue weighted by atomic mass is 10.1. The van der Waals surface area contributed by atoms with Gasteiger partial charge in [0.25, 0.3) is 5.91 Å². The van der Waals surface area contributed by atoms with Crippen molar-refractivity contribution >= 4 is 17.4 Å². The zero-order chi connectivity index (χ0) is 21.5. The van der Waals surface area contributed by atoms with E-state index in [1.165, 1.54) is 0 Å². The van der Waals surface area contributed by atoms with Gasteiger partial charge in [0.15, 0.2) is 5.69 Å². The molecule has 1 N–H and O–H groups in total. The van der Waals surface area contributed by atoms with Gasteiger partial charge in [0, 0.05) is 41.3 Å². The molecule has 156 valence electrons. The van der Waals surface area contributed by atoms with E-state index in [2.05, 4.69) is 20.3 Å². The largest absolute Gasteiger partial charge is 0.440 e. The lowest BCUT2D eigenvalue weighted by Crippen LogP contribution is -2.14. The van der Waals surface area contributed by atoms with E-state index in [4.69, 9.17) is 4.42 Å². The van der Waals surface area contributed by atoms with Crippen LogP contribution in [-0.2, 0) is 0 Å². The van der Waals surface area contributed by atoms with E-state index in [1.807, 2.05) is 77.5 Å². The van der Waals surface area contributed by atoms with E-state index in [0.29, 0.717) is 28.8 Å². The maximum atomic E-state index is 13.0. The number of rotatable bonds is 5. The van der Waals surface area contributed by atoms with Crippen LogP contribution in [0.25, 0.3) is 28.5 Å². The summed E-state index contributed by atoms with van der Waals surface area (Å²) in [5.41, 5.74) is 3.68. The van der Waals surface area contributed by atoms with Crippen LogP contribution in [0.3, 0.4) is 0 Å². The van der Waals surface area contributed by atoms with E-state index in [1.54, 1.807) is 6.20 Å². The Morgan fingerprint density at radius 2 is 1.78 bits per heavy atom. The number of hydrogen-bond donors (Lipinski definition) is 1. The first-order valence-corrected chi connectivity index (χ1v) is 10.5. The summed E-state index contributed by atoms with van der Waals surface area (Å²) in [6.07, 6.45) is 7.59. The van der Waals surface area contributed by atoms with Gasteiger partial charge in [-0.1, -0.05) is 30.3 Å². The number of fused-ring (bicyclic) bond motifs is 1. The van der Waals surface area contributed by atoms with Gasteiger partial charge in [-0.15, -0.1) is 0 Å². The molecule has 0 saturated heterocycles. The summed E-state index contributed by atoms with van der Waals surface area (Å²) in [7, 11) is 0. The van der Waals surface area contributed by atoms with E-state index >= 15 is 0 Å². The Hall–Kier alpha value is -4.26. The summed E-state index contributed by atoms with van der Waals surface area (Å²) in [5, 5.41) is 2.95. The van der Waals surface area contributed by atoms with E-state index < -0.39 is 0 Å². The fraction of sp³-hybridized carbons (Fsp3) is 0.120. The molecule has 1 aliphatic rings. The second-order valence-corrected chi connectivity index (χ2v) is 7.86. The minimum absolute atomic E-state index is 0.262. The van der Waals surface area contributed by atoms with Crippen LogP contribution in [0.5, 0.6) is 0 Å². The Morgan fingerprint density at radius 1 is 0.969 bits per heavy atom. The van der Waals surface area contributed by atoms with E-state index in [9.17, 15) is 4.79 Å². The lowest BCUT2D eigenvalue weighted by Gasteiger charge is -2.05. The van der Waals surface area contributed by atoms with Gasteiger partial charge in [-0.05, 0) is 43.2 Å². The topological polar surface area (TPSA) is 85.3 Å². The van der Waals surface area contributed by atoms with Crippen LogP contribution in [-0.4, -0.2) is 25.3 Å². The number of amides is 1. The molecular formula is C25H19N5O2. The van der Waals surface area contributed by atoms with Crippen LogP contribution < -0.4 is 5.32 Å². The van der Waals surface area contributed by atoms with Crippen molar-refractivity contribution in [2.45, 2.75) is 18.8 Å². The molecular weight excluding hydrogens is 402 g/mol. The average molecular weight is 421 g/mol. The van der Waals surface area contributed by atoms with Crippen LogP contribution in [0, 0.1) is 0 Å². The first-order chi connectivity index (χ1) is 15.7. The molecule has 0 spiro atoms.